The zero-order valence-electron chi connectivity index (χ0n) is 13.9. The first-order chi connectivity index (χ1) is 11.9. The van der Waals surface area contributed by atoms with Crippen LogP contribution in [0.5, 0.6) is 5.75 Å². The Labute approximate surface area is 145 Å². The third-order valence-corrected chi connectivity index (χ3v) is 3.04. The lowest BCUT2D eigenvalue weighted by Crippen LogP contribution is -2.06. The molecule has 2 rings (SSSR count). The number of amides is 2. The van der Waals surface area contributed by atoms with Crippen LogP contribution in [0.25, 0.3) is 6.08 Å². The number of rotatable bonds is 5. The Morgan fingerprint density at radius 1 is 0.800 bits per heavy atom. The number of hydrogen-bond acceptors (Lipinski definition) is 4. The van der Waals surface area contributed by atoms with Crippen LogP contribution in [0.2, 0.25) is 0 Å². The fourth-order valence-corrected chi connectivity index (χ4v) is 2.00. The summed E-state index contributed by atoms with van der Waals surface area (Å²) in [4.78, 5) is 33.7. The van der Waals surface area contributed by atoms with Gasteiger partial charge < -0.3 is 15.4 Å². The maximum absolute atomic E-state index is 11.8. The summed E-state index contributed by atoms with van der Waals surface area (Å²) in [5.74, 6) is -0.448. The summed E-state index contributed by atoms with van der Waals surface area (Å²) in [6, 6.07) is 13.5. The van der Waals surface area contributed by atoms with Gasteiger partial charge in [0.25, 0.3) is 0 Å². The largest absolute Gasteiger partial charge is 0.423 e. The fraction of sp³-hybridized carbons (Fsp3) is 0.105. The molecule has 0 spiro atoms. The lowest BCUT2D eigenvalue weighted by atomic mass is 10.2. The third-order valence-electron chi connectivity index (χ3n) is 3.04. The Balaban J connectivity index is 1.91. The minimum Gasteiger partial charge on any atom is -0.423 e. The molecule has 0 aromatic heterocycles. The van der Waals surface area contributed by atoms with Crippen molar-refractivity contribution in [3.8, 4) is 5.75 Å². The van der Waals surface area contributed by atoms with E-state index in [1.807, 2.05) is 0 Å². The number of esters is 1. The van der Waals surface area contributed by atoms with Crippen molar-refractivity contribution in [2.45, 2.75) is 13.8 Å². The number of carbonyl (C=O) groups is 3. The molecule has 2 aromatic carbocycles. The van der Waals surface area contributed by atoms with Crippen LogP contribution in [0.15, 0.2) is 54.6 Å². The van der Waals surface area contributed by atoms with Crippen LogP contribution in [0.4, 0.5) is 11.4 Å². The van der Waals surface area contributed by atoms with Gasteiger partial charge >= 0.3 is 5.97 Å². The van der Waals surface area contributed by atoms with Crippen molar-refractivity contribution in [2.24, 2.45) is 0 Å². The number of anilines is 2. The molecule has 0 saturated carbocycles. The lowest BCUT2D eigenvalue weighted by Gasteiger charge is -2.04. The maximum atomic E-state index is 11.8. The van der Waals surface area contributed by atoms with Crippen LogP contribution in [0.3, 0.4) is 0 Å². The van der Waals surface area contributed by atoms with E-state index >= 15 is 0 Å². The molecule has 0 aliphatic rings. The molecular formula is C19H18N2O4. The molecule has 0 aliphatic carbocycles. The topological polar surface area (TPSA) is 84.5 Å². The van der Waals surface area contributed by atoms with Gasteiger partial charge in [-0.05, 0) is 48.0 Å². The molecule has 0 fully saturated rings. The summed E-state index contributed by atoms with van der Waals surface area (Å²) in [6.45, 7) is 2.86. The van der Waals surface area contributed by atoms with Gasteiger partial charge in [-0.1, -0.05) is 12.1 Å². The van der Waals surface area contributed by atoms with Crippen molar-refractivity contribution in [1.29, 1.82) is 0 Å². The van der Waals surface area contributed by atoms with Crippen LogP contribution in [0.1, 0.15) is 19.4 Å². The molecule has 2 aromatic rings. The van der Waals surface area contributed by atoms with Gasteiger partial charge in [0.05, 0.1) is 0 Å². The summed E-state index contributed by atoms with van der Waals surface area (Å²) in [7, 11) is 0. The molecule has 6 nitrogen and oxygen atoms in total. The first kappa shape index (κ1) is 17.9. The monoisotopic (exact) mass is 338 g/mol. The summed E-state index contributed by atoms with van der Waals surface area (Å²) in [5.41, 5.74) is 2.11. The van der Waals surface area contributed by atoms with Crippen molar-refractivity contribution >= 4 is 35.2 Å². The SMILES string of the molecule is CC(=O)Nc1ccc(/C=C/C(=O)Oc2ccc(NC(C)=O)cc2)cc1. The first-order valence-corrected chi connectivity index (χ1v) is 7.57. The molecule has 0 heterocycles. The van der Waals surface area contributed by atoms with Crippen LogP contribution in [-0.4, -0.2) is 17.8 Å². The second kappa shape index (κ2) is 8.44. The van der Waals surface area contributed by atoms with E-state index in [2.05, 4.69) is 10.6 Å². The van der Waals surface area contributed by atoms with Gasteiger partial charge in [-0.15, -0.1) is 0 Å². The Kier molecular flexibility index (Phi) is 6.06. The molecule has 0 bridgehead atoms. The van der Waals surface area contributed by atoms with E-state index in [1.54, 1.807) is 54.6 Å². The predicted octanol–water partition coefficient (Wildman–Crippen LogP) is 3.22. The molecule has 0 saturated heterocycles. The highest BCUT2D eigenvalue weighted by atomic mass is 16.5. The zero-order valence-corrected chi connectivity index (χ0v) is 13.9. The van der Waals surface area contributed by atoms with E-state index in [0.29, 0.717) is 17.1 Å². The molecule has 128 valence electrons. The van der Waals surface area contributed by atoms with Crippen LogP contribution in [0, 0.1) is 0 Å². The molecule has 2 amide bonds. The molecule has 25 heavy (non-hydrogen) atoms. The minimum atomic E-state index is -0.516. The van der Waals surface area contributed by atoms with E-state index < -0.39 is 5.97 Å². The maximum Gasteiger partial charge on any atom is 0.336 e. The lowest BCUT2D eigenvalue weighted by molar-refractivity contribution is -0.129. The summed E-state index contributed by atoms with van der Waals surface area (Å²) < 4.78 is 5.18. The number of nitrogens with one attached hydrogen (secondary N) is 2. The number of carbonyl (C=O) groups excluding carboxylic acids is 3. The van der Waals surface area contributed by atoms with Crippen molar-refractivity contribution < 1.29 is 19.1 Å². The highest BCUT2D eigenvalue weighted by Gasteiger charge is 2.02. The van der Waals surface area contributed by atoms with Crippen LogP contribution < -0.4 is 15.4 Å². The quantitative estimate of drug-likeness (QED) is 0.498. The third kappa shape index (κ3) is 6.31. The first-order valence-electron chi connectivity index (χ1n) is 7.57. The fourth-order valence-electron chi connectivity index (χ4n) is 2.00. The predicted molar refractivity (Wildman–Crippen MR) is 96.2 cm³/mol. The average molecular weight is 338 g/mol. The highest BCUT2D eigenvalue weighted by molar-refractivity contribution is 5.90. The van der Waals surface area contributed by atoms with E-state index in [0.717, 1.165) is 5.56 Å². The molecule has 0 radical (unpaired) electrons. The van der Waals surface area contributed by atoms with Gasteiger partial charge in [0.2, 0.25) is 11.8 Å². The Hall–Kier alpha value is -3.41. The summed E-state index contributed by atoms with van der Waals surface area (Å²) in [5, 5.41) is 5.29. The van der Waals surface area contributed by atoms with E-state index in [4.69, 9.17) is 4.74 Å². The summed E-state index contributed by atoms with van der Waals surface area (Å²) >= 11 is 0. The highest BCUT2D eigenvalue weighted by Crippen LogP contribution is 2.16. The van der Waals surface area contributed by atoms with E-state index in [9.17, 15) is 14.4 Å². The normalized spacial score (nSPS) is 10.3. The van der Waals surface area contributed by atoms with Crippen molar-refractivity contribution in [2.75, 3.05) is 10.6 Å². The second-order valence-electron chi connectivity index (χ2n) is 5.26. The van der Waals surface area contributed by atoms with E-state index in [-0.39, 0.29) is 11.8 Å². The van der Waals surface area contributed by atoms with E-state index in [1.165, 1.54) is 19.9 Å². The molecular weight excluding hydrogens is 320 g/mol. The molecule has 0 atom stereocenters. The Bertz CT molecular complexity index is 793. The smallest absolute Gasteiger partial charge is 0.336 e. The van der Waals surface area contributed by atoms with Crippen LogP contribution in [-0.2, 0) is 14.4 Å². The van der Waals surface area contributed by atoms with Gasteiger partial charge in [0.1, 0.15) is 5.75 Å². The van der Waals surface area contributed by atoms with Gasteiger partial charge in [0, 0.05) is 31.3 Å². The van der Waals surface area contributed by atoms with Crippen molar-refractivity contribution in [1.82, 2.24) is 0 Å². The van der Waals surface area contributed by atoms with Crippen molar-refractivity contribution in [3.05, 3.63) is 60.2 Å². The standard InChI is InChI=1S/C19H18N2O4/c1-13(22)20-16-6-3-15(4-7-16)5-12-19(24)25-18-10-8-17(9-11-18)21-14(2)23/h3-12H,1-2H3,(H,20,22)(H,21,23)/b12-5+. The Morgan fingerprint density at radius 2 is 1.28 bits per heavy atom. The van der Waals surface area contributed by atoms with Crippen LogP contribution >= 0.6 is 0 Å². The van der Waals surface area contributed by atoms with Gasteiger partial charge in [0.15, 0.2) is 0 Å². The number of benzene rings is 2. The van der Waals surface area contributed by atoms with Gasteiger partial charge in [-0.2, -0.15) is 0 Å². The molecule has 2 N–H and O–H groups in total. The van der Waals surface area contributed by atoms with Gasteiger partial charge in [-0.25, -0.2) is 4.79 Å². The molecule has 0 unspecified atom stereocenters. The molecule has 6 heteroatoms. The average Bonchev–Trinajstić information content (AvgIpc) is 2.55. The Morgan fingerprint density at radius 3 is 1.76 bits per heavy atom. The number of hydrogen-bond donors (Lipinski definition) is 2. The van der Waals surface area contributed by atoms with Crippen molar-refractivity contribution in [3.63, 3.8) is 0 Å². The summed E-state index contributed by atoms with van der Waals surface area (Å²) in [6.07, 6.45) is 2.93. The molecule has 0 aliphatic heterocycles. The number of ether oxygens (including phenoxy) is 1. The second-order valence-corrected chi connectivity index (χ2v) is 5.26. The van der Waals surface area contributed by atoms with Gasteiger partial charge in [-0.3, -0.25) is 9.59 Å². The zero-order chi connectivity index (χ0) is 18.2. The minimum absolute atomic E-state index is 0.142.